The van der Waals surface area contributed by atoms with Gasteiger partial charge in [-0.1, -0.05) is 37.6 Å². The summed E-state index contributed by atoms with van der Waals surface area (Å²) in [5, 5.41) is 0. The third kappa shape index (κ3) is 4.95. The summed E-state index contributed by atoms with van der Waals surface area (Å²) in [6.45, 7) is 1.99. The molecular formula is C20H22N2O5S. The van der Waals surface area contributed by atoms with Crippen LogP contribution in [0.15, 0.2) is 52.6 Å². The van der Waals surface area contributed by atoms with Gasteiger partial charge in [0.15, 0.2) is 12.4 Å². The molecule has 0 amide bonds. The molecule has 0 fully saturated rings. The maximum atomic E-state index is 12.2. The third-order valence-electron chi connectivity index (χ3n) is 4.49. The molecule has 3 rings (SSSR count). The van der Waals surface area contributed by atoms with Gasteiger partial charge in [-0.2, -0.15) is 0 Å². The van der Waals surface area contributed by atoms with Gasteiger partial charge >= 0.3 is 5.97 Å². The highest BCUT2D eigenvalue weighted by Gasteiger charge is 2.25. The normalized spacial score (nSPS) is 17.4. The molecule has 0 atom stereocenters. The molecular weight excluding hydrogens is 380 g/mol. The van der Waals surface area contributed by atoms with Gasteiger partial charge in [0.2, 0.25) is 0 Å². The molecule has 8 heteroatoms. The lowest BCUT2D eigenvalue weighted by Crippen LogP contribution is -2.37. The molecule has 1 aromatic rings. The Labute approximate surface area is 164 Å². The Hall–Kier alpha value is -2.74. The average molecular weight is 402 g/mol. The number of Topliss-reactive ketones (excluding diaryl/α,β-unsaturated/α-hetero) is 1. The van der Waals surface area contributed by atoms with Gasteiger partial charge < -0.3 is 9.64 Å². The van der Waals surface area contributed by atoms with Crippen LogP contribution < -0.4 is 0 Å². The zero-order valence-electron chi connectivity index (χ0n) is 15.6. The number of carbonyl (C=O) groups excluding carboxylic acids is 2. The lowest BCUT2D eigenvalue weighted by atomic mass is 10.0. The molecule has 2 aliphatic heterocycles. The van der Waals surface area contributed by atoms with E-state index < -0.39 is 16.0 Å². The topological polar surface area (TPSA) is 93.1 Å². The van der Waals surface area contributed by atoms with Crippen LogP contribution in [0.2, 0.25) is 0 Å². The first-order valence-corrected chi connectivity index (χ1v) is 10.8. The summed E-state index contributed by atoms with van der Waals surface area (Å²) < 4.78 is 31.8. The smallest absolute Gasteiger partial charge is 0.340 e. The molecule has 7 nitrogen and oxygen atoms in total. The van der Waals surface area contributed by atoms with E-state index in [1.54, 1.807) is 17.0 Å². The summed E-state index contributed by atoms with van der Waals surface area (Å²) in [6.07, 6.45) is 7.56. The lowest BCUT2D eigenvalue weighted by Gasteiger charge is -2.26. The van der Waals surface area contributed by atoms with Crippen LogP contribution in [0, 0.1) is 0 Å². The number of amidine groups is 1. The number of ether oxygens (including phenoxy) is 1. The molecule has 2 aliphatic rings. The first-order chi connectivity index (χ1) is 13.4. The van der Waals surface area contributed by atoms with Crippen LogP contribution in [0.5, 0.6) is 0 Å². The molecule has 0 bridgehead atoms. The van der Waals surface area contributed by atoms with Crippen molar-refractivity contribution in [2.24, 2.45) is 4.40 Å². The Kier molecular flexibility index (Phi) is 6.08. The van der Waals surface area contributed by atoms with E-state index in [1.807, 2.05) is 12.1 Å². The molecule has 0 saturated heterocycles. The van der Waals surface area contributed by atoms with E-state index in [-0.39, 0.29) is 36.1 Å². The second-order valence-corrected chi connectivity index (χ2v) is 8.40. The Morgan fingerprint density at radius 3 is 2.64 bits per heavy atom. The first kappa shape index (κ1) is 20.0. The van der Waals surface area contributed by atoms with Crippen molar-refractivity contribution < 1.29 is 22.7 Å². The number of ketones is 1. The third-order valence-corrected chi connectivity index (χ3v) is 5.65. The van der Waals surface area contributed by atoms with Gasteiger partial charge in [0.1, 0.15) is 5.84 Å². The Balaban J connectivity index is 1.56. The van der Waals surface area contributed by atoms with E-state index in [0.717, 1.165) is 19.3 Å². The Morgan fingerprint density at radius 1 is 1.18 bits per heavy atom. The number of carbonyl (C=O) groups is 2. The fourth-order valence-corrected chi connectivity index (χ4v) is 3.83. The number of nitrogens with zero attached hydrogens (tertiary/aromatic N) is 2. The summed E-state index contributed by atoms with van der Waals surface area (Å²) >= 11 is 0. The van der Waals surface area contributed by atoms with Gasteiger partial charge in [-0.15, -0.1) is 4.40 Å². The number of rotatable bonds is 7. The largest absolute Gasteiger partial charge is 0.454 e. The number of hydrogen-bond donors (Lipinski definition) is 0. The van der Waals surface area contributed by atoms with Gasteiger partial charge in [-0.05, 0) is 30.6 Å². The molecule has 0 aromatic heterocycles. The molecule has 0 spiro atoms. The number of unbranched alkanes of at least 4 members (excludes halogenated alkanes) is 1. The number of aryl methyl sites for hydroxylation is 1. The quantitative estimate of drug-likeness (QED) is 0.513. The van der Waals surface area contributed by atoms with Crippen molar-refractivity contribution in [2.75, 3.05) is 18.9 Å². The van der Waals surface area contributed by atoms with E-state index in [2.05, 4.69) is 11.3 Å². The predicted molar refractivity (Wildman–Crippen MR) is 105 cm³/mol. The minimum atomic E-state index is -3.45. The molecule has 1 aromatic carbocycles. The van der Waals surface area contributed by atoms with Crippen LogP contribution in [0.25, 0.3) is 0 Å². The van der Waals surface area contributed by atoms with Crippen LogP contribution >= 0.6 is 0 Å². The fourth-order valence-electron chi connectivity index (χ4n) is 2.86. The van der Waals surface area contributed by atoms with Crippen molar-refractivity contribution in [3.05, 3.63) is 59.3 Å². The predicted octanol–water partition coefficient (Wildman–Crippen LogP) is 2.25. The van der Waals surface area contributed by atoms with Crippen molar-refractivity contribution in [3.63, 3.8) is 0 Å². The molecule has 0 saturated carbocycles. The lowest BCUT2D eigenvalue weighted by molar-refractivity contribution is -0.137. The molecule has 28 heavy (non-hydrogen) atoms. The zero-order valence-corrected chi connectivity index (χ0v) is 16.4. The molecule has 2 heterocycles. The summed E-state index contributed by atoms with van der Waals surface area (Å²) in [5.74, 6) is -0.767. The monoisotopic (exact) mass is 402 g/mol. The van der Waals surface area contributed by atoms with E-state index in [9.17, 15) is 18.0 Å². The van der Waals surface area contributed by atoms with Crippen LogP contribution in [0.1, 0.15) is 35.7 Å². The van der Waals surface area contributed by atoms with Gasteiger partial charge in [0.05, 0.1) is 11.3 Å². The maximum Gasteiger partial charge on any atom is 0.340 e. The van der Waals surface area contributed by atoms with E-state index in [1.165, 1.54) is 23.9 Å². The van der Waals surface area contributed by atoms with E-state index >= 15 is 0 Å². The highest BCUT2D eigenvalue weighted by atomic mass is 32.2. The highest BCUT2D eigenvalue weighted by Crippen LogP contribution is 2.17. The van der Waals surface area contributed by atoms with Gasteiger partial charge in [0.25, 0.3) is 10.0 Å². The Morgan fingerprint density at radius 2 is 1.93 bits per heavy atom. The minimum Gasteiger partial charge on any atom is -0.454 e. The second-order valence-electron chi connectivity index (χ2n) is 6.65. The van der Waals surface area contributed by atoms with Crippen LogP contribution in [0.3, 0.4) is 0 Å². The standard InChI is InChI=1S/C20H22N2O5S/c1-2-3-4-15-5-7-16(8-6-15)18(23)14-27-20(24)17-9-10-19-21-28(25,26)12-11-22(19)13-17/h5-10,13H,2-4,11-12,14H2,1H3. The molecule has 148 valence electrons. The summed E-state index contributed by atoms with van der Waals surface area (Å²) in [7, 11) is -3.45. The summed E-state index contributed by atoms with van der Waals surface area (Å²) in [4.78, 5) is 26.1. The van der Waals surface area contributed by atoms with Crippen molar-refractivity contribution >= 4 is 27.6 Å². The number of esters is 1. The number of fused-ring (bicyclic) bond motifs is 1. The van der Waals surface area contributed by atoms with Crippen LogP contribution in [-0.2, 0) is 26.0 Å². The maximum absolute atomic E-state index is 12.2. The number of hydrogen-bond acceptors (Lipinski definition) is 6. The van der Waals surface area contributed by atoms with Crippen LogP contribution in [-0.4, -0.2) is 49.8 Å². The average Bonchev–Trinajstić information content (AvgIpc) is 2.69. The fraction of sp³-hybridized carbons (Fsp3) is 0.350. The van der Waals surface area contributed by atoms with Crippen LogP contribution in [0.4, 0.5) is 0 Å². The number of benzene rings is 1. The summed E-state index contributed by atoms with van der Waals surface area (Å²) in [6, 6.07) is 7.33. The number of sulfonamides is 1. The molecule has 0 aliphatic carbocycles. The second kappa shape index (κ2) is 8.52. The van der Waals surface area contributed by atoms with Crippen molar-refractivity contribution in [2.45, 2.75) is 26.2 Å². The Bertz CT molecular complexity index is 959. The summed E-state index contributed by atoms with van der Waals surface area (Å²) in [5.41, 5.74) is 1.91. The van der Waals surface area contributed by atoms with Gasteiger partial charge in [-0.3, -0.25) is 4.79 Å². The van der Waals surface area contributed by atoms with Crippen molar-refractivity contribution in [1.29, 1.82) is 0 Å². The minimum absolute atomic E-state index is 0.115. The highest BCUT2D eigenvalue weighted by molar-refractivity contribution is 7.90. The van der Waals surface area contributed by atoms with Crippen molar-refractivity contribution in [3.8, 4) is 0 Å². The van der Waals surface area contributed by atoms with E-state index in [0.29, 0.717) is 5.56 Å². The molecule has 0 N–H and O–H groups in total. The zero-order chi connectivity index (χ0) is 20.1. The van der Waals surface area contributed by atoms with Gasteiger partial charge in [0, 0.05) is 18.3 Å². The SMILES string of the molecule is CCCCc1ccc(C(=O)COC(=O)C2=CN3CCS(=O)(=O)N=C3C=C2)cc1. The van der Waals surface area contributed by atoms with E-state index in [4.69, 9.17) is 4.74 Å². The van der Waals surface area contributed by atoms with Crippen molar-refractivity contribution in [1.82, 2.24) is 4.90 Å². The first-order valence-electron chi connectivity index (χ1n) is 9.16. The van der Waals surface area contributed by atoms with Gasteiger partial charge in [-0.25, -0.2) is 13.2 Å². The molecule has 0 radical (unpaired) electrons. The molecule has 0 unspecified atom stereocenters.